The van der Waals surface area contributed by atoms with Gasteiger partial charge in [-0.3, -0.25) is 0 Å². The van der Waals surface area contributed by atoms with E-state index in [1.807, 2.05) is 18.2 Å². The van der Waals surface area contributed by atoms with Gasteiger partial charge in [-0.05, 0) is 17.7 Å². The van der Waals surface area contributed by atoms with Crippen molar-refractivity contribution >= 4 is 29.1 Å². The molecule has 1 aliphatic rings. The molecular weight excluding hydrogens is 272 g/mol. The Labute approximate surface area is 119 Å². The van der Waals surface area contributed by atoms with Crippen LogP contribution in [0.15, 0.2) is 45.5 Å². The number of nitrogens with zero attached hydrogens (tertiary/aromatic N) is 4. The minimum atomic E-state index is 0.307. The molecule has 1 aromatic carbocycles. The Bertz CT molecular complexity index is 734. The summed E-state index contributed by atoms with van der Waals surface area (Å²) in [7, 11) is 0. The highest BCUT2D eigenvalue weighted by atomic mass is 32.2. The van der Waals surface area contributed by atoms with Gasteiger partial charge in [0.15, 0.2) is 5.82 Å². The number of fused-ring (bicyclic) bond motifs is 2. The predicted molar refractivity (Wildman–Crippen MR) is 76.8 cm³/mol. The fourth-order valence-corrected chi connectivity index (χ4v) is 2.86. The highest BCUT2D eigenvalue weighted by Crippen LogP contribution is 2.42. The van der Waals surface area contributed by atoms with Crippen LogP contribution in [0.3, 0.4) is 0 Å². The van der Waals surface area contributed by atoms with E-state index in [4.69, 9.17) is 11.0 Å². The maximum absolute atomic E-state index is 8.47. The summed E-state index contributed by atoms with van der Waals surface area (Å²) in [6.45, 7) is 0. The van der Waals surface area contributed by atoms with Crippen LogP contribution in [0.25, 0.3) is 0 Å². The molecule has 20 heavy (non-hydrogen) atoms. The van der Waals surface area contributed by atoms with Crippen molar-refractivity contribution in [2.24, 2.45) is 10.7 Å². The van der Waals surface area contributed by atoms with Gasteiger partial charge in [0, 0.05) is 23.7 Å². The van der Waals surface area contributed by atoms with Crippen molar-refractivity contribution in [3.05, 3.63) is 36.2 Å². The molecule has 98 valence electrons. The van der Waals surface area contributed by atoms with Crippen molar-refractivity contribution in [3.8, 4) is 6.19 Å². The number of rotatable bonds is 2. The molecule has 0 unspecified atom stereocenters. The molecule has 6 nitrogen and oxygen atoms in total. The van der Waals surface area contributed by atoms with Gasteiger partial charge in [-0.25, -0.2) is 9.97 Å². The molecule has 0 bridgehead atoms. The lowest BCUT2D eigenvalue weighted by Crippen LogP contribution is -2.14. The number of anilines is 2. The lowest BCUT2D eigenvalue weighted by atomic mass is 10.1. The molecule has 0 fully saturated rings. The number of nitrogens with two attached hydrogens (primary N) is 1. The van der Waals surface area contributed by atoms with E-state index in [2.05, 4.69) is 20.3 Å². The average molecular weight is 282 g/mol. The summed E-state index contributed by atoms with van der Waals surface area (Å²) >= 11 is 1.56. The van der Waals surface area contributed by atoms with E-state index in [0.717, 1.165) is 27.0 Å². The van der Waals surface area contributed by atoms with Crippen molar-refractivity contribution in [2.75, 3.05) is 5.32 Å². The Morgan fingerprint density at radius 1 is 1.40 bits per heavy atom. The first-order chi connectivity index (χ1) is 9.76. The Morgan fingerprint density at radius 2 is 2.25 bits per heavy atom. The van der Waals surface area contributed by atoms with Gasteiger partial charge in [-0.1, -0.05) is 17.8 Å². The third-order valence-electron chi connectivity index (χ3n) is 2.75. The molecule has 0 radical (unpaired) electrons. The maximum atomic E-state index is 8.47. The Kier molecular flexibility index (Phi) is 3.23. The second-order valence-electron chi connectivity index (χ2n) is 4.15. The first kappa shape index (κ1) is 12.4. The molecule has 3 rings (SSSR count). The van der Waals surface area contributed by atoms with E-state index in [-0.39, 0.29) is 0 Å². The van der Waals surface area contributed by atoms with Gasteiger partial charge in [-0.15, -0.1) is 0 Å². The molecule has 7 heteroatoms. The third-order valence-corrected chi connectivity index (χ3v) is 3.80. The Morgan fingerprint density at radius 3 is 3.10 bits per heavy atom. The fraction of sp³-hybridized carbons (Fsp3) is 0.0769. The van der Waals surface area contributed by atoms with Gasteiger partial charge >= 0.3 is 0 Å². The lowest BCUT2D eigenvalue weighted by Gasteiger charge is -2.19. The normalized spacial score (nSPS) is 12.8. The standard InChI is InChI=1S/C13H10N6S/c14-7-18-11(15)6-8-1-2-9-10(5-8)20-13-12(19-9)16-3-4-17-13/h1-5H,6H2,(H2,15,18)(H,16,19). The topological polar surface area (TPSA) is 100.0 Å². The van der Waals surface area contributed by atoms with Crippen LogP contribution in [0.1, 0.15) is 5.56 Å². The summed E-state index contributed by atoms with van der Waals surface area (Å²) in [5.74, 6) is 1.07. The fourth-order valence-electron chi connectivity index (χ4n) is 1.89. The van der Waals surface area contributed by atoms with E-state index in [9.17, 15) is 0 Å². The molecule has 3 N–H and O–H groups in total. The molecule has 1 aliphatic heterocycles. The monoisotopic (exact) mass is 282 g/mol. The maximum Gasteiger partial charge on any atom is 0.207 e. The average Bonchev–Trinajstić information content (AvgIpc) is 2.45. The van der Waals surface area contributed by atoms with Crippen LogP contribution in [0.5, 0.6) is 0 Å². The highest BCUT2D eigenvalue weighted by Gasteiger charge is 2.17. The van der Waals surface area contributed by atoms with Crippen molar-refractivity contribution in [2.45, 2.75) is 16.3 Å². The SMILES string of the molecule is N#CN=C(N)Cc1ccc2c(c1)Sc1nccnc1N2. The van der Waals surface area contributed by atoms with Crippen LogP contribution in [0, 0.1) is 11.5 Å². The Hall–Kier alpha value is -2.59. The van der Waals surface area contributed by atoms with Gasteiger partial charge in [0.2, 0.25) is 6.19 Å². The number of hydrogen-bond donors (Lipinski definition) is 2. The largest absolute Gasteiger partial charge is 0.386 e. The quantitative estimate of drug-likeness (QED) is 0.424. The molecule has 0 saturated carbocycles. The minimum absolute atomic E-state index is 0.307. The van der Waals surface area contributed by atoms with Gasteiger partial charge < -0.3 is 11.1 Å². The third kappa shape index (κ3) is 2.41. The van der Waals surface area contributed by atoms with Gasteiger partial charge in [-0.2, -0.15) is 10.3 Å². The number of hydrogen-bond acceptors (Lipinski definition) is 6. The molecule has 0 aliphatic carbocycles. The molecule has 0 spiro atoms. The highest BCUT2D eigenvalue weighted by molar-refractivity contribution is 7.99. The molecule has 2 heterocycles. The van der Waals surface area contributed by atoms with Crippen molar-refractivity contribution < 1.29 is 0 Å². The van der Waals surface area contributed by atoms with E-state index in [1.165, 1.54) is 0 Å². The number of nitrogens with one attached hydrogen (secondary N) is 1. The molecule has 0 atom stereocenters. The zero-order valence-electron chi connectivity index (χ0n) is 10.4. The van der Waals surface area contributed by atoms with E-state index in [0.29, 0.717) is 12.3 Å². The van der Waals surface area contributed by atoms with Crippen molar-refractivity contribution in [1.29, 1.82) is 5.26 Å². The summed E-state index contributed by atoms with van der Waals surface area (Å²) in [4.78, 5) is 13.1. The molecule has 2 aromatic rings. The smallest absolute Gasteiger partial charge is 0.207 e. The summed E-state index contributed by atoms with van der Waals surface area (Å²) in [6.07, 6.45) is 5.47. The first-order valence-corrected chi connectivity index (χ1v) is 6.68. The van der Waals surface area contributed by atoms with E-state index >= 15 is 0 Å². The van der Waals surface area contributed by atoms with Crippen molar-refractivity contribution in [3.63, 3.8) is 0 Å². The minimum Gasteiger partial charge on any atom is -0.386 e. The molecule has 1 aromatic heterocycles. The van der Waals surface area contributed by atoms with Gasteiger partial charge in [0.25, 0.3) is 0 Å². The zero-order valence-corrected chi connectivity index (χ0v) is 11.2. The van der Waals surface area contributed by atoms with Crippen LogP contribution in [-0.4, -0.2) is 15.8 Å². The zero-order chi connectivity index (χ0) is 13.9. The predicted octanol–water partition coefficient (Wildman–Crippen LogP) is 2.07. The molecule has 0 amide bonds. The first-order valence-electron chi connectivity index (χ1n) is 5.86. The lowest BCUT2D eigenvalue weighted by molar-refractivity contribution is 1.04. The van der Waals surface area contributed by atoms with Crippen LogP contribution >= 0.6 is 11.8 Å². The van der Waals surface area contributed by atoms with E-state index in [1.54, 1.807) is 30.3 Å². The van der Waals surface area contributed by atoms with Crippen LogP contribution < -0.4 is 11.1 Å². The van der Waals surface area contributed by atoms with Crippen LogP contribution in [0.4, 0.5) is 11.5 Å². The number of aromatic nitrogens is 2. The molecular formula is C13H10N6S. The summed E-state index contributed by atoms with van der Waals surface area (Å²) < 4.78 is 0. The summed E-state index contributed by atoms with van der Waals surface area (Å²) in [5, 5.41) is 12.6. The summed E-state index contributed by atoms with van der Waals surface area (Å²) in [6, 6.07) is 5.94. The number of benzene rings is 1. The summed E-state index contributed by atoms with van der Waals surface area (Å²) in [5.41, 5.74) is 7.64. The van der Waals surface area contributed by atoms with Crippen molar-refractivity contribution in [1.82, 2.24) is 9.97 Å². The van der Waals surface area contributed by atoms with Crippen LogP contribution in [-0.2, 0) is 6.42 Å². The van der Waals surface area contributed by atoms with Gasteiger partial charge in [0.1, 0.15) is 10.9 Å². The molecule has 0 saturated heterocycles. The van der Waals surface area contributed by atoms with E-state index < -0.39 is 0 Å². The second-order valence-corrected chi connectivity index (χ2v) is 5.18. The number of amidine groups is 1. The number of aliphatic imine (C=N–C) groups is 1. The second kappa shape index (κ2) is 5.19. The van der Waals surface area contributed by atoms with Crippen LogP contribution in [0.2, 0.25) is 0 Å². The Balaban J connectivity index is 1.89. The van der Waals surface area contributed by atoms with Gasteiger partial charge in [0.05, 0.1) is 5.69 Å². The number of nitriles is 1.